The molecule has 0 unspecified atom stereocenters. The van der Waals surface area contributed by atoms with Gasteiger partial charge in [0.15, 0.2) is 6.61 Å². The fraction of sp³-hybridized carbons (Fsp3) is 0.263. The highest BCUT2D eigenvalue weighted by atomic mass is 16.6. The van der Waals surface area contributed by atoms with Gasteiger partial charge < -0.3 is 10.2 Å². The molecule has 7 heteroatoms. The van der Waals surface area contributed by atoms with Crippen molar-refractivity contribution in [2.45, 2.75) is 26.2 Å². The number of rotatable bonds is 6. The van der Waals surface area contributed by atoms with Gasteiger partial charge in [-0.15, -0.1) is 0 Å². The second-order valence-electron chi connectivity index (χ2n) is 6.67. The topological polar surface area (TPSA) is 93.8 Å². The van der Waals surface area contributed by atoms with Crippen molar-refractivity contribution < 1.29 is 14.6 Å². The first-order valence-electron chi connectivity index (χ1n) is 8.07. The summed E-state index contributed by atoms with van der Waals surface area (Å²) in [6, 6.07) is 13.7. The van der Waals surface area contributed by atoms with Crippen LogP contribution in [0.2, 0.25) is 0 Å². The molecule has 2 rings (SSSR count). The van der Waals surface area contributed by atoms with E-state index in [1.165, 1.54) is 12.3 Å². The summed E-state index contributed by atoms with van der Waals surface area (Å²) >= 11 is 0. The Morgan fingerprint density at radius 3 is 2.54 bits per heavy atom. The standard InChI is InChI=1S/C19H21N3O4/c1-19(2,3)15-9-5-6-10-16(15)21-18(23)13-26-20-12-14-8-4-7-11-17(14)22(24)25/h4-12H,13H2,1-3H3,(H,21,23)/b20-12+. The second-order valence-corrected chi connectivity index (χ2v) is 6.67. The molecule has 136 valence electrons. The molecule has 0 saturated carbocycles. The highest BCUT2D eigenvalue weighted by molar-refractivity contribution is 5.92. The predicted molar refractivity (Wildman–Crippen MR) is 100 cm³/mol. The molecule has 0 aliphatic rings. The number of oxime groups is 1. The zero-order valence-electron chi connectivity index (χ0n) is 14.9. The van der Waals surface area contributed by atoms with Crippen LogP contribution in [-0.4, -0.2) is 23.7 Å². The van der Waals surface area contributed by atoms with Gasteiger partial charge in [0.05, 0.1) is 16.7 Å². The second kappa shape index (κ2) is 8.24. The Hall–Kier alpha value is -3.22. The number of hydrogen-bond acceptors (Lipinski definition) is 5. The molecule has 0 bridgehead atoms. The summed E-state index contributed by atoms with van der Waals surface area (Å²) < 4.78 is 0. The molecule has 7 nitrogen and oxygen atoms in total. The molecule has 0 aromatic heterocycles. The molecule has 0 spiro atoms. The van der Waals surface area contributed by atoms with Crippen molar-refractivity contribution in [2.75, 3.05) is 11.9 Å². The van der Waals surface area contributed by atoms with Crippen LogP contribution >= 0.6 is 0 Å². The summed E-state index contributed by atoms with van der Waals surface area (Å²) in [5.74, 6) is -0.360. The van der Waals surface area contributed by atoms with E-state index in [0.29, 0.717) is 5.56 Å². The van der Waals surface area contributed by atoms with Crippen molar-refractivity contribution in [1.82, 2.24) is 0 Å². The third-order valence-corrected chi connectivity index (χ3v) is 3.60. The number of amides is 1. The van der Waals surface area contributed by atoms with Gasteiger partial charge in [0.2, 0.25) is 0 Å². The average Bonchev–Trinajstić information content (AvgIpc) is 2.58. The number of nitro benzene ring substituents is 1. The molecule has 0 fully saturated rings. The van der Waals surface area contributed by atoms with E-state index < -0.39 is 4.92 Å². The SMILES string of the molecule is CC(C)(C)c1ccccc1NC(=O)CO/N=C/c1ccccc1[N+](=O)[O-]. The summed E-state index contributed by atoms with van der Waals surface area (Å²) in [6.45, 7) is 5.89. The largest absolute Gasteiger partial charge is 0.386 e. The Kier molecular flexibility index (Phi) is 6.06. The molecule has 1 amide bonds. The molecule has 2 aromatic carbocycles. The third-order valence-electron chi connectivity index (χ3n) is 3.60. The maximum atomic E-state index is 12.1. The van der Waals surface area contributed by atoms with E-state index in [0.717, 1.165) is 11.3 Å². The van der Waals surface area contributed by atoms with Crippen LogP contribution in [0.5, 0.6) is 0 Å². The summed E-state index contributed by atoms with van der Waals surface area (Å²) in [7, 11) is 0. The van der Waals surface area contributed by atoms with Crippen molar-refractivity contribution in [3.63, 3.8) is 0 Å². The number of carbonyl (C=O) groups excluding carboxylic acids is 1. The molecular formula is C19H21N3O4. The minimum Gasteiger partial charge on any atom is -0.386 e. The minimum atomic E-state index is -0.502. The van der Waals surface area contributed by atoms with Crippen molar-refractivity contribution in [1.29, 1.82) is 0 Å². The predicted octanol–water partition coefficient (Wildman–Crippen LogP) is 3.88. The molecule has 1 N–H and O–H groups in total. The van der Waals surface area contributed by atoms with Gasteiger partial charge in [0.25, 0.3) is 11.6 Å². The van der Waals surface area contributed by atoms with Crippen LogP contribution in [0.3, 0.4) is 0 Å². The van der Waals surface area contributed by atoms with Crippen LogP contribution in [0.25, 0.3) is 0 Å². The third kappa shape index (κ3) is 5.14. The fourth-order valence-electron chi connectivity index (χ4n) is 2.39. The zero-order chi connectivity index (χ0) is 19.2. The number of carbonyl (C=O) groups is 1. The van der Waals surface area contributed by atoms with Crippen molar-refractivity contribution in [3.05, 3.63) is 69.8 Å². The molecule has 0 aliphatic carbocycles. The van der Waals surface area contributed by atoms with E-state index in [4.69, 9.17) is 4.84 Å². The number of nitro groups is 1. The van der Waals surface area contributed by atoms with Gasteiger partial charge in [-0.2, -0.15) is 0 Å². The summed E-state index contributed by atoms with van der Waals surface area (Å²) in [5, 5.41) is 17.4. The van der Waals surface area contributed by atoms with Gasteiger partial charge in [0.1, 0.15) is 0 Å². The van der Waals surface area contributed by atoms with E-state index >= 15 is 0 Å². The maximum absolute atomic E-state index is 12.1. The first-order valence-corrected chi connectivity index (χ1v) is 8.07. The molecule has 0 heterocycles. The van der Waals surface area contributed by atoms with Gasteiger partial charge >= 0.3 is 0 Å². The lowest BCUT2D eigenvalue weighted by molar-refractivity contribution is -0.385. The van der Waals surface area contributed by atoms with E-state index in [1.54, 1.807) is 18.2 Å². The van der Waals surface area contributed by atoms with Gasteiger partial charge in [0, 0.05) is 11.8 Å². The average molecular weight is 355 g/mol. The molecule has 26 heavy (non-hydrogen) atoms. The van der Waals surface area contributed by atoms with Gasteiger partial charge in [-0.25, -0.2) is 0 Å². The Bertz CT molecular complexity index is 826. The van der Waals surface area contributed by atoms with Crippen LogP contribution in [0.1, 0.15) is 31.9 Å². The quantitative estimate of drug-likeness (QED) is 0.483. The van der Waals surface area contributed by atoms with E-state index in [9.17, 15) is 14.9 Å². The summed E-state index contributed by atoms with van der Waals surface area (Å²) in [6.07, 6.45) is 1.22. The highest BCUT2D eigenvalue weighted by Crippen LogP contribution is 2.29. The Morgan fingerprint density at radius 2 is 1.85 bits per heavy atom. The number of nitrogens with one attached hydrogen (secondary N) is 1. The van der Waals surface area contributed by atoms with Crippen molar-refractivity contribution in [3.8, 4) is 0 Å². The molecule has 0 atom stereocenters. The van der Waals surface area contributed by atoms with Crippen LogP contribution in [0.4, 0.5) is 11.4 Å². The molecule has 0 saturated heterocycles. The fourth-order valence-corrected chi connectivity index (χ4v) is 2.39. The van der Waals surface area contributed by atoms with Crippen LogP contribution in [0, 0.1) is 10.1 Å². The van der Waals surface area contributed by atoms with Gasteiger partial charge in [-0.05, 0) is 23.1 Å². The lowest BCUT2D eigenvalue weighted by atomic mass is 9.86. The van der Waals surface area contributed by atoms with Crippen molar-refractivity contribution in [2.24, 2.45) is 5.16 Å². The zero-order valence-corrected chi connectivity index (χ0v) is 14.9. The Balaban J connectivity index is 1.96. The van der Waals surface area contributed by atoms with E-state index in [1.807, 2.05) is 24.3 Å². The van der Waals surface area contributed by atoms with E-state index in [2.05, 4.69) is 31.2 Å². The number of hydrogen-bond donors (Lipinski definition) is 1. The number of nitrogens with zero attached hydrogens (tertiary/aromatic N) is 2. The number of para-hydroxylation sites is 2. The maximum Gasteiger partial charge on any atom is 0.278 e. The summed E-state index contributed by atoms with van der Waals surface area (Å²) in [5.41, 5.74) is 1.84. The number of benzene rings is 2. The number of anilines is 1. The van der Waals surface area contributed by atoms with Crippen LogP contribution in [-0.2, 0) is 15.0 Å². The van der Waals surface area contributed by atoms with Crippen molar-refractivity contribution >= 4 is 23.5 Å². The molecule has 2 aromatic rings. The van der Waals surface area contributed by atoms with Crippen LogP contribution in [0.15, 0.2) is 53.7 Å². The van der Waals surface area contributed by atoms with Crippen LogP contribution < -0.4 is 5.32 Å². The Morgan fingerprint density at radius 1 is 1.19 bits per heavy atom. The first-order chi connectivity index (χ1) is 12.3. The van der Waals surface area contributed by atoms with E-state index in [-0.39, 0.29) is 23.6 Å². The molecule has 0 aliphatic heterocycles. The monoisotopic (exact) mass is 355 g/mol. The van der Waals surface area contributed by atoms with Gasteiger partial charge in [-0.1, -0.05) is 56.3 Å². The molecular weight excluding hydrogens is 334 g/mol. The smallest absolute Gasteiger partial charge is 0.278 e. The minimum absolute atomic E-state index is 0.0802. The normalized spacial score (nSPS) is 11.3. The first kappa shape index (κ1) is 19.1. The highest BCUT2D eigenvalue weighted by Gasteiger charge is 2.18. The lowest BCUT2D eigenvalue weighted by Crippen LogP contribution is -2.21. The summed E-state index contributed by atoms with van der Waals surface area (Å²) in [4.78, 5) is 27.4. The molecule has 0 radical (unpaired) electrons. The van der Waals surface area contributed by atoms with Gasteiger partial charge in [-0.3, -0.25) is 14.9 Å². The lowest BCUT2D eigenvalue weighted by Gasteiger charge is -2.22. The Labute approximate surface area is 151 Å².